The predicted molar refractivity (Wildman–Crippen MR) is 58.8 cm³/mol. The van der Waals surface area contributed by atoms with E-state index in [1.54, 1.807) is 6.07 Å². The van der Waals surface area contributed by atoms with E-state index in [2.05, 4.69) is 17.7 Å². The molecule has 0 radical (unpaired) electrons. The maximum Gasteiger partial charge on any atom is 0.139 e. The van der Waals surface area contributed by atoms with E-state index in [-0.39, 0.29) is 5.82 Å². The fourth-order valence-corrected chi connectivity index (χ4v) is 1.99. The Hall–Kier alpha value is -1.33. The minimum atomic E-state index is -0.288. The molecule has 0 saturated carbocycles. The summed E-state index contributed by atoms with van der Waals surface area (Å²) in [5, 5.41) is 0. The second-order valence-corrected chi connectivity index (χ2v) is 4.26. The standard InChI is InChI=1S/C13H14FN/c1-3-12-5-4-11(6-13(12)14)9-15-7-10(2)8-15/h1,4-6,10H,7-9H2,2H3. The van der Waals surface area contributed by atoms with Gasteiger partial charge in [0.2, 0.25) is 0 Å². The topological polar surface area (TPSA) is 3.24 Å². The van der Waals surface area contributed by atoms with Crippen LogP contribution in [0.1, 0.15) is 18.1 Å². The highest BCUT2D eigenvalue weighted by Gasteiger charge is 2.22. The first-order valence-electron chi connectivity index (χ1n) is 5.16. The maximum atomic E-state index is 13.3. The Balaban J connectivity index is 2.04. The van der Waals surface area contributed by atoms with E-state index in [9.17, 15) is 4.39 Å². The van der Waals surface area contributed by atoms with Crippen LogP contribution in [0.4, 0.5) is 4.39 Å². The van der Waals surface area contributed by atoms with Crippen molar-refractivity contribution in [3.05, 3.63) is 35.1 Å². The van der Waals surface area contributed by atoms with Crippen LogP contribution >= 0.6 is 0 Å². The molecule has 0 aliphatic carbocycles. The average molecular weight is 203 g/mol. The number of benzene rings is 1. The summed E-state index contributed by atoms with van der Waals surface area (Å²) in [5.74, 6) is 2.81. The molecular weight excluding hydrogens is 189 g/mol. The Kier molecular flexibility index (Phi) is 2.75. The molecule has 0 atom stereocenters. The molecule has 0 spiro atoms. The highest BCUT2D eigenvalue weighted by Crippen LogP contribution is 2.18. The molecule has 1 fully saturated rings. The molecule has 1 heterocycles. The van der Waals surface area contributed by atoms with Gasteiger partial charge in [-0.2, -0.15) is 0 Å². The first-order chi connectivity index (χ1) is 7.19. The van der Waals surface area contributed by atoms with Crippen molar-refractivity contribution in [3.63, 3.8) is 0 Å². The number of nitrogens with zero attached hydrogens (tertiary/aromatic N) is 1. The quantitative estimate of drug-likeness (QED) is 0.666. The molecule has 2 rings (SSSR count). The number of hydrogen-bond acceptors (Lipinski definition) is 1. The second-order valence-electron chi connectivity index (χ2n) is 4.26. The Morgan fingerprint density at radius 3 is 2.80 bits per heavy atom. The summed E-state index contributed by atoms with van der Waals surface area (Å²) < 4.78 is 13.3. The fraction of sp³-hybridized carbons (Fsp3) is 0.385. The van der Waals surface area contributed by atoms with Gasteiger partial charge >= 0.3 is 0 Å². The van der Waals surface area contributed by atoms with Gasteiger partial charge in [0.1, 0.15) is 5.82 Å². The highest BCUT2D eigenvalue weighted by molar-refractivity contribution is 5.35. The molecule has 1 saturated heterocycles. The molecule has 1 aliphatic rings. The van der Waals surface area contributed by atoms with E-state index in [4.69, 9.17) is 6.42 Å². The van der Waals surface area contributed by atoms with Gasteiger partial charge in [-0.15, -0.1) is 6.42 Å². The SMILES string of the molecule is C#Cc1ccc(CN2CC(C)C2)cc1F. The maximum absolute atomic E-state index is 13.3. The van der Waals surface area contributed by atoms with Crippen LogP contribution in [0.2, 0.25) is 0 Å². The third-order valence-electron chi connectivity index (χ3n) is 2.73. The molecule has 2 heteroatoms. The van der Waals surface area contributed by atoms with E-state index >= 15 is 0 Å². The van der Waals surface area contributed by atoms with Gasteiger partial charge < -0.3 is 0 Å². The van der Waals surface area contributed by atoms with Crippen molar-refractivity contribution < 1.29 is 4.39 Å². The van der Waals surface area contributed by atoms with E-state index in [1.165, 1.54) is 6.07 Å². The van der Waals surface area contributed by atoms with Gasteiger partial charge in [-0.1, -0.05) is 18.9 Å². The monoisotopic (exact) mass is 203 g/mol. The molecule has 0 bridgehead atoms. The van der Waals surface area contributed by atoms with E-state index in [0.717, 1.165) is 31.1 Å². The molecule has 78 valence electrons. The number of likely N-dealkylation sites (tertiary alicyclic amines) is 1. The molecular formula is C13H14FN. The third-order valence-corrected chi connectivity index (χ3v) is 2.73. The zero-order valence-corrected chi connectivity index (χ0v) is 8.83. The van der Waals surface area contributed by atoms with Crippen molar-refractivity contribution in [1.29, 1.82) is 0 Å². The molecule has 1 aromatic rings. The highest BCUT2D eigenvalue weighted by atomic mass is 19.1. The lowest BCUT2D eigenvalue weighted by Crippen LogP contribution is -2.44. The van der Waals surface area contributed by atoms with Gasteiger partial charge in [0, 0.05) is 19.6 Å². The third kappa shape index (κ3) is 2.19. The number of terminal acetylenes is 1. The van der Waals surface area contributed by atoms with Gasteiger partial charge in [-0.3, -0.25) is 4.90 Å². The van der Waals surface area contributed by atoms with Crippen LogP contribution in [0.3, 0.4) is 0 Å². The normalized spacial score (nSPS) is 17.1. The molecule has 0 N–H and O–H groups in total. The Morgan fingerprint density at radius 1 is 1.53 bits per heavy atom. The predicted octanol–water partition coefficient (Wildman–Crippen LogP) is 2.26. The van der Waals surface area contributed by atoms with Crippen molar-refractivity contribution in [2.45, 2.75) is 13.5 Å². The number of rotatable bonds is 2. The molecule has 1 aliphatic heterocycles. The number of hydrogen-bond donors (Lipinski definition) is 0. The zero-order chi connectivity index (χ0) is 10.8. The van der Waals surface area contributed by atoms with E-state index in [1.807, 2.05) is 6.07 Å². The van der Waals surface area contributed by atoms with Crippen LogP contribution in [0, 0.1) is 24.1 Å². The average Bonchev–Trinajstić information content (AvgIpc) is 2.16. The molecule has 0 unspecified atom stereocenters. The Morgan fingerprint density at radius 2 is 2.27 bits per heavy atom. The van der Waals surface area contributed by atoms with Crippen molar-refractivity contribution in [2.75, 3.05) is 13.1 Å². The minimum absolute atomic E-state index is 0.288. The Bertz CT molecular complexity index is 399. The van der Waals surface area contributed by atoms with Gasteiger partial charge in [0.25, 0.3) is 0 Å². The summed E-state index contributed by atoms with van der Waals surface area (Å²) in [4.78, 5) is 2.30. The van der Waals surface area contributed by atoms with Crippen molar-refractivity contribution in [3.8, 4) is 12.3 Å². The molecule has 15 heavy (non-hydrogen) atoms. The lowest BCUT2D eigenvalue weighted by atomic mass is 10.0. The summed E-state index contributed by atoms with van der Waals surface area (Å²) in [6, 6.07) is 5.12. The molecule has 0 amide bonds. The zero-order valence-electron chi connectivity index (χ0n) is 8.83. The van der Waals surface area contributed by atoms with E-state index < -0.39 is 0 Å². The molecule has 0 aromatic heterocycles. The largest absolute Gasteiger partial charge is 0.298 e. The molecule has 1 aromatic carbocycles. The second kappa shape index (κ2) is 4.04. The summed E-state index contributed by atoms with van der Waals surface area (Å²) in [6.07, 6.45) is 5.16. The van der Waals surface area contributed by atoms with Gasteiger partial charge in [0.15, 0.2) is 0 Å². The van der Waals surface area contributed by atoms with Crippen LogP contribution < -0.4 is 0 Å². The van der Waals surface area contributed by atoms with Gasteiger partial charge in [-0.05, 0) is 23.6 Å². The van der Waals surface area contributed by atoms with Crippen molar-refractivity contribution >= 4 is 0 Å². The van der Waals surface area contributed by atoms with Crippen LogP contribution in [0.5, 0.6) is 0 Å². The van der Waals surface area contributed by atoms with E-state index in [0.29, 0.717) is 5.56 Å². The van der Waals surface area contributed by atoms with Crippen LogP contribution in [-0.4, -0.2) is 18.0 Å². The minimum Gasteiger partial charge on any atom is -0.298 e. The van der Waals surface area contributed by atoms with Crippen molar-refractivity contribution in [1.82, 2.24) is 4.90 Å². The lowest BCUT2D eigenvalue weighted by molar-refractivity contribution is 0.105. The first-order valence-corrected chi connectivity index (χ1v) is 5.16. The van der Waals surface area contributed by atoms with Crippen LogP contribution in [0.25, 0.3) is 0 Å². The fourth-order valence-electron chi connectivity index (χ4n) is 1.99. The van der Waals surface area contributed by atoms with Crippen LogP contribution in [-0.2, 0) is 6.54 Å². The van der Waals surface area contributed by atoms with Crippen LogP contribution in [0.15, 0.2) is 18.2 Å². The summed E-state index contributed by atoms with van der Waals surface area (Å²) in [7, 11) is 0. The summed E-state index contributed by atoms with van der Waals surface area (Å²) >= 11 is 0. The van der Waals surface area contributed by atoms with Gasteiger partial charge in [0.05, 0.1) is 5.56 Å². The smallest absolute Gasteiger partial charge is 0.139 e. The lowest BCUT2D eigenvalue weighted by Gasteiger charge is -2.37. The van der Waals surface area contributed by atoms with Gasteiger partial charge in [-0.25, -0.2) is 4.39 Å². The molecule has 1 nitrogen and oxygen atoms in total. The number of halogens is 1. The summed E-state index contributed by atoms with van der Waals surface area (Å²) in [6.45, 7) is 5.27. The Labute approximate surface area is 89.9 Å². The first kappa shape index (κ1) is 10.2. The van der Waals surface area contributed by atoms with Crippen molar-refractivity contribution in [2.24, 2.45) is 5.92 Å². The summed E-state index contributed by atoms with van der Waals surface area (Å²) in [5.41, 5.74) is 1.34.